The molecular formula is C17H22ClN3O2S. The molecule has 2 heterocycles. The Morgan fingerprint density at radius 1 is 1.29 bits per heavy atom. The van der Waals surface area contributed by atoms with Crippen LogP contribution in [0.15, 0.2) is 24.3 Å². The molecule has 24 heavy (non-hydrogen) atoms. The molecule has 130 valence electrons. The van der Waals surface area contributed by atoms with Crippen LogP contribution >= 0.6 is 23.4 Å². The highest BCUT2D eigenvalue weighted by atomic mass is 35.5. The van der Waals surface area contributed by atoms with E-state index in [9.17, 15) is 9.59 Å². The van der Waals surface area contributed by atoms with Crippen LogP contribution in [0.5, 0.6) is 0 Å². The molecule has 0 saturated carbocycles. The molecule has 0 unspecified atom stereocenters. The Morgan fingerprint density at radius 2 is 2.12 bits per heavy atom. The van der Waals surface area contributed by atoms with Crippen molar-refractivity contribution in [1.29, 1.82) is 0 Å². The van der Waals surface area contributed by atoms with Gasteiger partial charge in [-0.05, 0) is 24.5 Å². The molecule has 2 aliphatic rings. The van der Waals surface area contributed by atoms with Crippen LogP contribution in [0.1, 0.15) is 31.2 Å². The van der Waals surface area contributed by atoms with E-state index in [1.807, 2.05) is 36.0 Å². The molecule has 2 aliphatic heterocycles. The van der Waals surface area contributed by atoms with E-state index >= 15 is 0 Å². The molecule has 0 spiro atoms. The summed E-state index contributed by atoms with van der Waals surface area (Å²) in [6.07, 6.45) is 3.42. The van der Waals surface area contributed by atoms with Gasteiger partial charge in [-0.25, -0.2) is 4.79 Å². The van der Waals surface area contributed by atoms with Gasteiger partial charge < -0.3 is 16.0 Å². The van der Waals surface area contributed by atoms with Crippen LogP contribution in [-0.4, -0.2) is 35.0 Å². The number of nitrogens with one attached hydrogen (secondary N) is 3. The average molecular weight is 368 g/mol. The van der Waals surface area contributed by atoms with E-state index in [4.69, 9.17) is 11.6 Å². The SMILES string of the molecule is O=C(CCCC[C@@H]1SC[C@H]2NC(=O)N[C@@H]12)NCc1ccccc1Cl. The van der Waals surface area contributed by atoms with Crippen molar-refractivity contribution in [3.05, 3.63) is 34.9 Å². The fourth-order valence-corrected chi connectivity index (χ4v) is 4.94. The quantitative estimate of drug-likeness (QED) is 0.512. The second kappa shape index (κ2) is 8.12. The third kappa shape index (κ3) is 4.36. The van der Waals surface area contributed by atoms with E-state index in [2.05, 4.69) is 16.0 Å². The molecule has 3 rings (SSSR count). The van der Waals surface area contributed by atoms with Crippen molar-refractivity contribution in [2.24, 2.45) is 0 Å². The number of thioether (sulfide) groups is 1. The van der Waals surface area contributed by atoms with Crippen LogP contribution in [0.3, 0.4) is 0 Å². The van der Waals surface area contributed by atoms with Crippen LogP contribution in [-0.2, 0) is 11.3 Å². The molecule has 5 nitrogen and oxygen atoms in total. The summed E-state index contributed by atoms with van der Waals surface area (Å²) in [5.41, 5.74) is 0.936. The zero-order chi connectivity index (χ0) is 16.9. The van der Waals surface area contributed by atoms with Crippen LogP contribution in [0, 0.1) is 0 Å². The summed E-state index contributed by atoms with van der Waals surface area (Å²) in [5, 5.41) is 9.99. The first-order chi connectivity index (χ1) is 11.6. The summed E-state index contributed by atoms with van der Waals surface area (Å²) in [4.78, 5) is 23.3. The van der Waals surface area contributed by atoms with Gasteiger partial charge in [-0.15, -0.1) is 0 Å². The standard InChI is InChI=1S/C17H22ClN3O2S/c18-12-6-2-1-5-11(12)9-19-15(22)8-4-3-7-14-16-13(10-24-14)20-17(23)21-16/h1-2,5-6,13-14,16H,3-4,7-10H2,(H,19,22)(H2,20,21,23)/t13-,14+,16-/m1/s1. The summed E-state index contributed by atoms with van der Waals surface area (Å²) < 4.78 is 0. The van der Waals surface area contributed by atoms with Crippen molar-refractivity contribution in [3.8, 4) is 0 Å². The molecule has 3 atom stereocenters. The number of hydrogen-bond acceptors (Lipinski definition) is 3. The van der Waals surface area contributed by atoms with E-state index in [1.54, 1.807) is 0 Å². The summed E-state index contributed by atoms with van der Waals surface area (Å²) in [6, 6.07) is 8.00. The minimum atomic E-state index is -0.0470. The number of fused-ring (bicyclic) bond motifs is 1. The van der Waals surface area contributed by atoms with Crippen LogP contribution in [0.2, 0.25) is 5.02 Å². The maximum absolute atomic E-state index is 11.9. The molecular weight excluding hydrogens is 346 g/mol. The number of amides is 3. The molecule has 0 bridgehead atoms. The minimum absolute atomic E-state index is 0.0470. The van der Waals surface area contributed by atoms with Crippen molar-refractivity contribution in [3.63, 3.8) is 0 Å². The first-order valence-corrected chi connectivity index (χ1v) is 9.75. The minimum Gasteiger partial charge on any atom is -0.352 e. The molecule has 0 radical (unpaired) electrons. The molecule has 2 saturated heterocycles. The molecule has 1 aromatic rings. The van der Waals surface area contributed by atoms with E-state index in [-0.39, 0.29) is 24.0 Å². The first kappa shape index (κ1) is 17.4. The fourth-order valence-electron chi connectivity index (χ4n) is 3.20. The van der Waals surface area contributed by atoms with Gasteiger partial charge >= 0.3 is 6.03 Å². The number of halogens is 1. The van der Waals surface area contributed by atoms with Gasteiger partial charge in [0.2, 0.25) is 5.91 Å². The molecule has 7 heteroatoms. The van der Waals surface area contributed by atoms with Crippen molar-refractivity contribution < 1.29 is 9.59 Å². The maximum atomic E-state index is 11.9. The number of carbonyl (C=O) groups excluding carboxylic acids is 2. The topological polar surface area (TPSA) is 70.2 Å². The van der Waals surface area contributed by atoms with Crippen molar-refractivity contribution >= 4 is 35.3 Å². The number of rotatable bonds is 7. The largest absolute Gasteiger partial charge is 0.352 e. The van der Waals surface area contributed by atoms with E-state index in [0.29, 0.717) is 23.2 Å². The molecule has 0 aromatic heterocycles. The van der Waals surface area contributed by atoms with E-state index in [0.717, 1.165) is 30.6 Å². The number of carbonyl (C=O) groups is 2. The van der Waals surface area contributed by atoms with Crippen LogP contribution in [0.25, 0.3) is 0 Å². The van der Waals surface area contributed by atoms with Crippen molar-refractivity contribution in [1.82, 2.24) is 16.0 Å². The average Bonchev–Trinajstić information content (AvgIpc) is 3.10. The second-order valence-corrected chi connectivity index (χ2v) is 7.92. The number of urea groups is 1. The Bertz CT molecular complexity index is 613. The number of hydrogen-bond donors (Lipinski definition) is 3. The Hall–Kier alpha value is -1.40. The zero-order valence-electron chi connectivity index (χ0n) is 13.4. The molecule has 1 aromatic carbocycles. The van der Waals surface area contributed by atoms with Gasteiger partial charge in [0.1, 0.15) is 0 Å². The molecule has 3 amide bonds. The number of benzene rings is 1. The predicted molar refractivity (Wildman–Crippen MR) is 97.3 cm³/mol. The Labute approximate surface area is 151 Å². The lowest BCUT2D eigenvalue weighted by Crippen LogP contribution is -2.36. The zero-order valence-corrected chi connectivity index (χ0v) is 15.0. The molecule has 3 N–H and O–H groups in total. The van der Waals surface area contributed by atoms with Gasteiger partial charge in [-0.3, -0.25) is 4.79 Å². The van der Waals surface area contributed by atoms with Crippen molar-refractivity contribution in [2.75, 3.05) is 5.75 Å². The highest BCUT2D eigenvalue weighted by Gasteiger charge is 2.42. The lowest BCUT2D eigenvalue weighted by molar-refractivity contribution is -0.121. The first-order valence-electron chi connectivity index (χ1n) is 8.32. The van der Waals surface area contributed by atoms with E-state index < -0.39 is 0 Å². The summed E-state index contributed by atoms with van der Waals surface area (Å²) in [7, 11) is 0. The maximum Gasteiger partial charge on any atom is 0.315 e. The fraction of sp³-hybridized carbons (Fsp3) is 0.529. The monoisotopic (exact) mass is 367 g/mol. The summed E-state index contributed by atoms with van der Waals surface area (Å²) in [5.74, 6) is 1.04. The van der Waals surface area contributed by atoms with Gasteiger partial charge in [-0.2, -0.15) is 11.8 Å². The normalized spacial score (nSPS) is 25.0. The smallest absolute Gasteiger partial charge is 0.315 e. The Kier molecular flexibility index (Phi) is 5.89. The summed E-state index contributed by atoms with van der Waals surface area (Å²) in [6.45, 7) is 0.471. The van der Waals surface area contributed by atoms with Crippen LogP contribution in [0.4, 0.5) is 4.79 Å². The van der Waals surface area contributed by atoms with Gasteiger partial charge in [0.15, 0.2) is 0 Å². The lowest BCUT2D eigenvalue weighted by Gasteiger charge is -2.16. The van der Waals surface area contributed by atoms with Gasteiger partial charge in [0.05, 0.1) is 12.1 Å². The number of unbranched alkanes of at least 4 members (excludes halogenated alkanes) is 1. The Balaban J connectivity index is 1.31. The third-order valence-electron chi connectivity index (χ3n) is 4.51. The second-order valence-electron chi connectivity index (χ2n) is 6.24. The highest BCUT2D eigenvalue weighted by molar-refractivity contribution is 8.00. The Morgan fingerprint density at radius 3 is 2.96 bits per heavy atom. The highest BCUT2D eigenvalue weighted by Crippen LogP contribution is 2.33. The van der Waals surface area contributed by atoms with E-state index in [1.165, 1.54) is 0 Å². The van der Waals surface area contributed by atoms with Gasteiger partial charge in [0, 0.05) is 29.0 Å². The summed E-state index contributed by atoms with van der Waals surface area (Å²) >= 11 is 7.99. The van der Waals surface area contributed by atoms with Gasteiger partial charge in [0.25, 0.3) is 0 Å². The van der Waals surface area contributed by atoms with Gasteiger partial charge in [-0.1, -0.05) is 36.2 Å². The van der Waals surface area contributed by atoms with Crippen molar-refractivity contribution in [2.45, 2.75) is 49.6 Å². The molecule has 0 aliphatic carbocycles. The molecule has 2 fully saturated rings. The predicted octanol–water partition coefficient (Wildman–Crippen LogP) is 2.68. The van der Waals surface area contributed by atoms with Crippen LogP contribution < -0.4 is 16.0 Å². The third-order valence-corrected chi connectivity index (χ3v) is 6.39. The lowest BCUT2D eigenvalue weighted by atomic mass is 10.0.